The van der Waals surface area contributed by atoms with E-state index < -0.39 is 0 Å². The molecule has 22 heavy (non-hydrogen) atoms. The third-order valence-electron chi connectivity index (χ3n) is 3.86. The fraction of sp³-hybridized carbons (Fsp3) is 0.312. The Balaban J connectivity index is 1.64. The summed E-state index contributed by atoms with van der Waals surface area (Å²) in [6.45, 7) is 1.47. The minimum atomic E-state index is -0.0978. The minimum Gasteiger partial charge on any atom is -0.320 e. The molecule has 0 radical (unpaired) electrons. The van der Waals surface area contributed by atoms with Crippen LogP contribution < -0.4 is 5.32 Å². The number of hydrogen-bond acceptors (Lipinski definition) is 3. The highest BCUT2D eigenvalue weighted by Crippen LogP contribution is 2.20. The number of nitrogens with one attached hydrogen (secondary N) is 1. The number of amides is 2. The fourth-order valence-corrected chi connectivity index (χ4v) is 2.74. The second-order valence-corrected chi connectivity index (χ2v) is 5.34. The Bertz CT molecular complexity index is 672. The molecule has 6 heteroatoms. The van der Waals surface area contributed by atoms with Crippen molar-refractivity contribution in [2.45, 2.75) is 25.4 Å². The smallest absolute Gasteiger partial charge is 0.320 e. The van der Waals surface area contributed by atoms with Crippen molar-refractivity contribution in [3.63, 3.8) is 0 Å². The van der Waals surface area contributed by atoms with Crippen molar-refractivity contribution in [3.8, 4) is 6.07 Å². The first-order valence-electron chi connectivity index (χ1n) is 7.31. The van der Waals surface area contributed by atoms with Crippen LogP contribution in [0.15, 0.2) is 42.7 Å². The van der Waals surface area contributed by atoms with Gasteiger partial charge >= 0.3 is 6.03 Å². The van der Waals surface area contributed by atoms with Crippen molar-refractivity contribution in [3.05, 3.63) is 48.3 Å². The van der Waals surface area contributed by atoms with Crippen LogP contribution in [0.4, 0.5) is 10.5 Å². The van der Waals surface area contributed by atoms with Crippen LogP contribution in [0.2, 0.25) is 0 Å². The topological polar surface area (TPSA) is 74.0 Å². The molecule has 2 amide bonds. The number of likely N-dealkylation sites (tertiary alicyclic amines) is 1. The van der Waals surface area contributed by atoms with Crippen molar-refractivity contribution in [1.29, 1.82) is 5.26 Å². The van der Waals surface area contributed by atoms with Crippen LogP contribution in [-0.4, -0.2) is 33.3 Å². The van der Waals surface area contributed by atoms with E-state index in [-0.39, 0.29) is 12.1 Å². The molecule has 0 unspecified atom stereocenters. The normalized spacial score (nSPS) is 17.2. The van der Waals surface area contributed by atoms with Gasteiger partial charge in [0.15, 0.2) is 0 Å². The lowest BCUT2D eigenvalue weighted by molar-refractivity contribution is 0.199. The Hall–Kier alpha value is -2.81. The Morgan fingerprint density at radius 2 is 2.23 bits per heavy atom. The molecule has 0 spiro atoms. The summed E-state index contributed by atoms with van der Waals surface area (Å²) < 4.78 is 1.86. The van der Waals surface area contributed by atoms with E-state index >= 15 is 0 Å². The van der Waals surface area contributed by atoms with E-state index in [4.69, 9.17) is 5.26 Å². The summed E-state index contributed by atoms with van der Waals surface area (Å²) in [5, 5.41) is 15.9. The third-order valence-corrected chi connectivity index (χ3v) is 3.86. The summed E-state index contributed by atoms with van der Waals surface area (Å²) in [5.74, 6) is 0. The zero-order valence-corrected chi connectivity index (χ0v) is 12.1. The first-order chi connectivity index (χ1) is 10.8. The summed E-state index contributed by atoms with van der Waals surface area (Å²) in [6, 6.07) is 10.9. The Labute approximate surface area is 129 Å². The molecule has 2 aromatic rings. The molecule has 6 nitrogen and oxygen atoms in total. The predicted molar refractivity (Wildman–Crippen MR) is 82.1 cm³/mol. The van der Waals surface area contributed by atoms with Gasteiger partial charge in [-0.3, -0.25) is 4.68 Å². The lowest BCUT2D eigenvalue weighted by Crippen LogP contribution is -2.40. The molecule has 0 bridgehead atoms. The molecule has 1 aromatic carbocycles. The second kappa shape index (κ2) is 6.31. The maximum atomic E-state index is 12.4. The SMILES string of the molecule is N#Cc1ccc(NC(=O)N2CCC[C@@H]2Cn2cccn2)cc1. The molecule has 0 saturated carbocycles. The summed E-state index contributed by atoms with van der Waals surface area (Å²) in [7, 11) is 0. The van der Waals surface area contributed by atoms with Gasteiger partial charge < -0.3 is 10.2 Å². The van der Waals surface area contributed by atoms with Gasteiger partial charge in [-0.1, -0.05) is 0 Å². The van der Waals surface area contributed by atoms with E-state index in [9.17, 15) is 4.79 Å². The van der Waals surface area contributed by atoms with Crippen LogP contribution in [0.3, 0.4) is 0 Å². The number of benzene rings is 1. The number of urea groups is 1. The van der Waals surface area contributed by atoms with E-state index in [1.807, 2.05) is 21.8 Å². The van der Waals surface area contributed by atoms with Crippen LogP contribution in [0.1, 0.15) is 18.4 Å². The van der Waals surface area contributed by atoms with Crippen LogP contribution in [-0.2, 0) is 6.54 Å². The quantitative estimate of drug-likeness (QED) is 0.945. The first-order valence-corrected chi connectivity index (χ1v) is 7.31. The number of carbonyl (C=O) groups excluding carboxylic acids is 1. The van der Waals surface area contributed by atoms with Crippen molar-refractivity contribution in [2.24, 2.45) is 0 Å². The highest BCUT2D eigenvalue weighted by Gasteiger charge is 2.29. The number of hydrogen-bond donors (Lipinski definition) is 1. The number of aromatic nitrogens is 2. The summed E-state index contributed by atoms with van der Waals surface area (Å²) >= 11 is 0. The Kier molecular flexibility index (Phi) is 4.05. The molecule has 1 fully saturated rings. The lowest BCUT2D eigenvalue weighted by Gasteiger charge is -2.25. The van der Waals surface area contributed by atoms with Crippen LogP contribution in [0, 0.1) is 11.3 Å². The summed E-state index contributed by atoms with van der Waals surface area (Å²) in [4.78, 5) is 14.3. The maximum absolute atomic E-state index is 12.4. The van der Waals surface area contributed by atoms with Crippen molar-refractivity contribution < 1.29 is 4.79 Å². The molecule has 2 heterocycles. The number of anilines is 1. The first kappa shape index (κ1) is 14.1. The van der Waals surface area contributed by atoms with E-state index in [2.05, 4.69) is 16.5 Å². The van der Waals surface area contributed by atoms with Crippen molar-refractivity contribution >= 4 is 11.7 Å². The van der Waals surface area contributed by atoms with Crippen LogP contribution in [0.5, 0.6) is 0 Å². The van der Waals surface area contributed by atoms with Crippen LogP contribution >= 0.6 is 0 Å². The van der Waals surface area contributed by atoms with Gasteiger partial charge in [0.25, 0.3) is 0 Å². The molecule has 1 aliphatic heterocycles. The maximum Gasteiger partial charge on any atom is 0.322 e. The van der Waals surface area contributed by atoms with Gasteiger partial charge in [0, 0.05) is 24.6 Å². The third kappa shape index (κ3) is 3.09. The van der Waals surface area contributed by atoms with E-state index in [0.29, 0.717) is 17.8 Å². The molecule has 1 saturated heterocycles. The molecule has 1 atom stereocenters. The summed E-state index contributed by atoms with van der Waals surface area (Å²) in [6.07, 6.45) is 5.65. The average Bonchev–Trinajstić information content (AvgIpc) is 3.20. The van der Waals surface area contributed by atoms with Crippen molar-refractivity contribution in [1.82, 2.24) is 14.7 Å². The highest BCUT2D eigenvalue weighted by atomic mass is 16.2. The van der Waals surface area contributed by atoms with Gasteiger partial charge in [-0.05, 0) is 43.2 Å². The molecular weight excluding hydrogens is 278 g/mol. The van der Waals surface area contributed by atoms with Gasteiger partial charge in [-0.25, -0.2) is 4.79 Å². The number of nitriles is 1. The summed E-state index contributed by atoms with van der Waals surface area (Å²) in [5.41, 5.74) is 1.28. The molecular formula is C16H17N5O. The predicted octanol–water partition coefficient (Wildman–Crippen LogP) is 2.45. The molecule has 0 aliphatic carbocycles. The standard InChI is InChI=1S/C16H17N5O/c17-11-13-4-6-14(7-5-13)19-16(22)21-10-1-3-15(21)12-20-9-2-8-18-20/h2,4-9,15H,1,3,10,12H2,(H,19,22)/t15-/m1/s1. The van der Waals surface area contributed by atoms with Gasteiger partial charge in [0.1, 0.15) is 0 Å². The zero-order valence-electron chi connectivity index (χ0n) is 12.1. The zero-order chi connectivity index (χ0) is 15.4. The molecule has 1 aliphatic rings. The van der Waals surface area contributed by atoms with Gasteiger partial charge in [0.05, 0.1) is 24.2 Å². The number of carbonyl (C=O) groups is 1. The molecule has 1 N–H and O–H groups in total. The minimum absolute atomic E-state index is 0.0978. The van der Waals surface area contributed by atoms with Crippen molar-refractivity contribution in [2.75, 3.05) is 11.9 Å². The van der Waals surface area contributed by atoms with E-state index in [1.165, 1.54) is 0 Å². The van der Waals surface area contributed by atoms with Gasteiger partial charge in [-0.15, -0.1) is 0 Å². The van der Waals surface area contributed by atoms with E-state index in [1.54, 1.807) is 30.5 Å². The van der Waals surface area contributed by atoms with Crippen LogP contribution in [0.25, 0.3) is 0 Å². The lowest BCUT2D eigenvalue weighted by atomic mass is 10.2. The Morgan fingerprint density at radius 1 is 1.41 bits per heavy atom. The number of nitrogens with zero attached hydrogens (tertiary/aromatic N) is 4. The molecule has 3 rings (SSSR count). The fourth-order valence-electron chi connectivity index (χ4n) is 2.74. The highest BCUT2D eigenvalue weighted by molar-refractivity contribution is 5.89. The van der Waals surface area contributed by atoms with Gasteiger partial charge in [-0.2, -0.15) is 10.4 Å². The van der Waals surface area contributed by atoms with Gasteiger partial charge in [0.2, 0.25) is 0 Å². The van der Waals surface area contributed by atoms with E-state index in [0.717, 1.165) is 19.4 Å². The molecule has 112 valence electrons. The number of rotatable bonds is 3. The Morgan fingerprint density at radius 3 is 2.91 bits per heavy atom. The largest absolute Gasteiger partial charge is 0.322 e. The average molecular weight is 295 g/mol. The second-order valence-electron chi connectivity index (χ2n) is 5.34. The molecule has 1 aromatic heterocycles. The monoisotopic (exact) mass is 295 g/mol.